The minimum absolute atomic E-state index is 0.0606. The standard InChI is InChI=1S/C16H17BrN2O2/c1-21-13-6-4-11(5-7-13)15(10-2-3-10)19-16(20)14-8-12(17)9-18-14/h4-10,15,18H,2-3H2,1H3,(H,19,20). The number of ether oxygens (including phenoxy) is 1. The number of methoxy groups -OCH3 is 1. The van der Waals surface area contributed by atoms with Crippen LogP contribution < -0.4 is 10.1 Å². The molecule has 2 N–H and O–H groups in total. The molecule has 21 heavy (non-hydrogen) atoms. The summed E-state index contributed by atoms with van der Waals surface area (Å²) < 4.78 is 6.06. The number of nitrogens with one attached hydrogen (secondary N) is 2. The van der Waals surface area contributed by atoms with Gasteiger partial charge in [-0.15, -0.1) is 0 Å². The summed E-state index contributed by atoms with van der Waals surface area (Å²) in [6.45, 7) is 0. The highest BCUT2D eigenvalue weighted by atomic mass is 79.9. The van der Waals surface area contributed by atoms with Crippen LogP contribution in [0.5, 0.6) is 5.75 Å². The van der Waals surface area contributed by atoms with E-state index >= 15 is 0 Å². The molecule has 1 heterocycles. The van der Waals surface area contributed by atoms with Crippen LogP contribution in [0.1, 0.15) is 34.9 Å². The van der Waals surface area contributed by atoms with Crippen molar-refractivity contribution in [3.63, 3.8) is 0 Å². The summed E-state index contributed by atoms with van der Waals surface area (Å²) in [5.41, 5.74) is 1.69. The molecule has 0 aliphatic heterocycles. The highest BCUT2D eigenvalue weighted by molar-refractivity contribution is 9.10. The normalized spacial score (nSPS) is 15.5. The first-order chi connectivity index (χ1) is 10.2. The molecule has 1 fully saturated rings. The Hall–Kier alpha value is -1.75. The van der Waals surface area contributed by atoms with Crippen LogP contribution in [0.4, 0.5) is 0 Å². The first kappa shape index (κ1) is 14.2. The molecule has 1 aliphatic carbocycles. The summed E-state index contributed by atoms with van der Waals surface area (Å²) in [5, 5.41) is 3.13. The van der Waals surface area contributed by atoms with Crippen molar-refractivity contribution in [2.24, 2.45) is 5.92 Å². The molecular weight excluding hydrogens is 332 g/mol. The number of rotatable bonds is 5. The molecule has 1 amide bonds. The summed E-state index contributed by atoms with van der Waals surface area (Å²) >= 11 is 3.34. The number of carbonyl (C=O) groups excluding carboxylic acids is 1. The van der Waals surface area contributed by atoms with E-state index in [1.165, 1.54) is 0 Å². The van der Waals surface area contributed by atoms with E-state index in [2.05, 4.69) is 26.2 Å². The van der Waals surface area contributed by atoms with Crippen LogP contribution in [0.2, 0.25) is 0 Å². The van der Waals surface area contributed by atoms with Gasteiger partial charge in [-0.3, -0.25) is 4.79 Å². The SMILES string of the molecule is COc1ccc(C(NC(=O)c2cc(Br)c[nH]2)C2CC2)cc1. The third-order valence-corrected chi connectivity index (χ3v) is 4.21. The van der Waals surface area contributed by atoms with E-state index < -0.39 is 0 Å². The van der Waals surface area contributed by atoms with E-state index in [9.17, 15) is 4.79 Å². The summed E-state index contributed by atoms with van der Waals surface area (Å²) in [6.07, 6.45) is 4.07. The van der Waals surface area contributed by atoms with Crippen molar-refractivity contribution in [3.05, 3.63) is 52.3 Å². The molecule has 1 unspecified atom stereocenters. The van der Waals surface area contributed by atoms with Crippen LogP contribution in [0.3, 0.4) is 0 Å². The Kier molecular flexibility index (Phi) is 4.01. The van der Waals surface area contributed by atoms with Gasteiger partial charge in [0, 0.05) is 10.7 Å². The third-order valence-electron chi connectivity index (χ3n) is 3.75. The second-order valence-electron chi connectivity index (χ2n) is 5.29. The molecule has 0 spiro atoms. The van der Waals surface area contributed by atoms with Crippen molar-refractivity contribution in [1.29, 1.82) is 0 Å². The lowest BCUT2D eigenvalue weighted by atomic mass is 10.0. The molecule has 1 atom stereocenters. The Labute approximate surface area is 132 Å². The van der Waals surface area contributed by atoms with Gasteiger partial charge in [-0.1, -0.05) is 12.1 Å². The number of halogens is 1. The van der Waals surface area contributed by atoms with E-state index in [0.29, 0.717) is 11.6 Å². The molecule has 110 valence electrons. The Morgan fingerprint density at radius 3 is 2.62 bits per heavy atom. The van der Waals surface area contributed by atoms with Crippen molar-refractivity contribution < 1.29 is 9.53 Å². The maximum atomic E-state index is 12.3. The molecule has 3 rings (SSSR count). The lowest BCUT2D eigenvalue weighted by Gasteiger charge is -2.18. The Morgan fingerprint density at radius 2 is 2.10 bits per heavy atom. The van der Waals surface area contributed by atoms with Crippen LogP contribution in [0.15, 0.2) is 41.0 Å². The predicted octanol–water partition coefficient (Wildman–Crippen LogP) is 3.67. The number of hydrogen-bond acceptors (Lipinski definition) is 2. The predicted molar refractivity (Wildman–Crippen MR) is 84.4 cm³/mol. The second-order valence-corrected chi connectivity index (χ2v) is 6.21. The molecule has 0 bridgehead atoms. The van der Waals surface area contributed by atoms with Crippen molar-refractivity contribution in [1.82, 2.24) is 10.3 Å². The molecule has 1 aromatic heterocycles. The zero-order valence-corrected chi connectivity index (χ0v) is 13.3. The minimum Gasteiger partial charge on any atom is -0.497 e. The summed E-state index contributed by atoms with van der Waals surface area (Å²) in [5.74, 6) is 1.28. The van der Waals surface area contributed by atoms with Gasteiger partial charge in [0.2, 0.25) is 0 Å². The van der Waals surface area contributed by atoms with E-state index in [1.807, 2.05) is 24.3 Å². The number of H-pyrrole nitrogens is 1. The smallest absolute Gasteiger partial charge is 0.268 e. The van der Waals surface area contributed by atoms with Crippen LogP contribution in [0.25, 0.3) is 0 Å². The number of aromatic amines is 1. The molecule has 1 aromatic carbocycles. The van der Waals surface area contributed by atoms with Gasteiger partial charge in [0.1, 0.15) is 11.4 Å². The maximum Gasteiger partial charge on any atom is 0.268 e. The van der Waals surface area contributed by atoms with Gasteiger partial charge in [0.25, 0.3) is 5.91 Å². The number of aromatic nitrogens is 1. The van der Waals surface area contributed by atoms with Crippen LogP contribution in [-0.2, 0) is 0 Å². The van der Waals surface area contributed by atoms with E-state index in [4.69, 9.17) is 4.74 Å². The number of hydrogen-bond donors (Lipinski definition) is 2. The highest BCUT2D eigenvalue weighted by Gasteiger charge is 2.33. The minimum atomic E-state index is -0.0755. The second kappa shape index (κ2) is 5.93. The molecule has 0 radical (unpaired) electrons. The van der Waals surface area contributed by atoms with Crippen molar-refractivity contribution in [2.75, 3.05) is 7.11 Å². The zero-order chi connectivity index (χ0) is 14.8. The van der Waals surface area contributed by atoms with Gasteiger partial charge in [0.15, 0.2) is 0 Å². The van der Waals surface area contributed by atoms with E-state index in [-0.39, 0.29) is 11.9 Å². The first-order valence-electron chi connectivity index (χ1n) is 6.96. The molecule has 2 aromatic rings. The number of carbonyl (C=O) groups is 1. The van der Waals surface area contributed by atoms with Gasteiger partial charge in [-0.2, -0.15) is 0 Å². The van der Waals surface area contributed by atoms with Gasteiger partial charge < -0.3 is 15.0 Å². The summed E-state index contributed by atoms with van der Waals surface area (Å²) in [6, 6.07) is 9.75. The molecule has 1 saturated carbocycles. The van der Waals surface area contributed by atoms with Crippen LogP contribution in [0, 0.1) is 5.92 Å². The van der Waals surface area contributed by atoms with Gasteiger partial charge in [0.05, 0.1) is 13.2 Å². The zero-order valence-electron chi connectivity index (χ0n) is 11.7. The van der Waals surface area contributed by atoms with Crippen molar-refractivity contribution in [2.45, 2.75) is 18.9 Å². The molecular formula is C16H17BrN2O2. The summed E-state index contributed by atoms with van der Waals surface area (Å²) in [4.78, 5) is 15.3. The van der Waals surface area contributed by atoms with Gasteiger partial charge >= 0.3 is 0 Å². The Bertz CT molecular complexity index is 632. The fourth-order valence-corrected chi connectivity index (χ4v) is 2.78. The lowest BCUT2D eigenvalue weighted by Crippen LogP contribution is -2.30. The first-order valence-corrected chi connectivity index (χ1v) is 7.75. The van der Waals surface area contributed by atoms with Crippen LogP contribution in [-0.4, -0.2) is 18.0 Å². The average molecular weight is 349 g/mol. The maximum absolute atomic E-state index is 12.3. The Morgan fingerprint density at radius 1 is 1.38 bits per heavy atom. The van der Waals surface area contributed by atoms with Gasteiger partial charge in [-0.05, 0) is 58.5 Å². The van der Waals surface area contributed by atoms with E-state index in [1.54, 1.807) is 19.4 Å². The highest BCUT2D eigenvalue weighted by Crippen LogP contribution is 2.41. The fourth-order valence-electron chi connectivity index (χ4n) is 2.43. The van der Waals surface area contributed by atoms with E-state index in [0.717, 1.165) is 28.6 Å². The molecule has 1 aliphatic rings. The Balaban J connectivity index is 1.76. The van der Waals surface area contributed by atoms with Gasteiger partial charge in [-0.25, -0.2) is 0 Å². The largest absolute Gasteiger partial charge is 0.497 e. The monoisotopic (exact) mass is 348 g/mol. The average Bonchev–Trinajstić information content (AvgIpc) is 3.25. The third kappa shape index (κ3) is 3.29. The quantitative estimate of drug-likeness (QED) is 0.866. The lowest BCUT2D eigenvalue weighted by molar-refractivity contribution is 0.0927. The van der Waals surface area contributed by atoms with Crippen molar-refractivity contribution in [3.8, 4) is 5.75 Å². The number of benzene rings is 1. The summed E-state index contributed by atoms with van der Waals surface area (Å²) in [7, 11) is 1.65. The molecule has 4 nitrogen and oxygen atoms in total. The molecule has 5 heteroatoms. The fraction of sp³-hybridized carbons (Fsp3) is 0.312. The van der Waals surface area contributed by atoms with Crippen LogP contribution >= 0.6 is 15.9 Å². The number of amides is 1. The molecule has 0 saturated heterocycles. The topological polar surface area (TPSA) is 54.1 Å². The van der Waals surface area contributed by atoms with Crippen molar-refractivity contribution >= 4 is 21.8 Å².